The second kappa shape index (κ2) is 11.0. The molecule has 0 saturated heterocycles. The highest BCUT2D eigenvalue weighted by Gasteiger charge is 2.32. The van der Waals surface area contributed by atoms with Crippen LogP contribution in [0, 0.1) is 6.92 Å². The van der Waals surface area contributed by atoms with Crippen molar-refractivity contribution in [2.24, 2.45) is 5.10 Å². The quantitative estimate of drug-likeness (QED) is 0.311. The first-order valence-corrected chi connectivity index (χ1v) is 10.4. The summed E-state index contributed by atoms with van der Waals surface area (Å²) < 4.78 is 15.8. The zero-order chi connectivity index (χ0) is 24.7. The van der Waals surface area contributed by atoms with E-state index < -0.39 is 23.9 Å². The molecule has 0 bridgehead atoms. The summed E-state index contributed by atoms with van der Waals surface area (Å²) in [5, 5.41) is 9.19. The molecule has 0 aliphatic carbocycles. The van der Waals surface area contributed by atoms with Crippen LogP contribution in [0.5, 0.6) is 11.5 Å². The Labute approximate surface area is 197 Å². The molecule has 1 atom stereocenters. The molecule has 3 N–H and O–H groups in total. The second-order valence-electron chi connectivity index (χ2n) is 7.46. The average Bonchev–Trinajstić information content (AvgIpc) is 2.83. The minimum atomic E-state index is -0.747. The van der Waals surface area contributed by atoms with E-state index >= 15 is 0 Å². The van der Waals surface area contributed by atoms with E-state index in [-0.39, 0.29) is 12.2 Å². The molecule has 3 amide bonds. The normalized spacial score (nSPS) is 15.4. The number of ether oxygens (including phenoxy) is 3. The summed E-state index contributed by atoms with van der Waals surface area (Å²) in [5.41, 5.74) is 5.62. The number of carbonyl (C=O) groups excluding carboxylic acids is 3. The Morgan fingerprint density at radius 2 is 1.82 bits per heavy atom. The van der Waals surface area contributed by atoms with Crippen LogP contribution in [0.1, 0.15) is 29.7 Å². The predicted molar refractivity (Wildman–Crippen MR) is 125 cm³/mol. The lowest BCUT2D eigenvalue weighted by Gasteiger charge is -2.28. The fraction of sp³-hybridized carbons (Fsp3) is 0.250. The number of aryl methyl sites for hydroxylation is 1. The van der Waals surface area contributed by atoms with Gasteiger partial charge in [-0.15, -0.1) is 0 Å². The van der Waals surface area contributed by atoms with Crippen molar-refractivity contribution in [1.29, 1.82) is 0 Å². The van der Waals surface area contributed by atoms with Gasteiger partial charge in [0.2, 0.25) is 0 Å². The molecule has 0 unspecified atom stereocenters. The van der Waals surface area contributed by atoms with Crippen molar-refractivity contribution in [3.8, 4) is 11.5 Å². The molecule has 1 heterocycles. The van der Waals surface area contributed by atoms with E-state index in [1.165, 1.54) is 20.4 Å². The monoisotopic (exact) mass is 466 g/mol. The number of nitrogens with zero attached hydrogens (tertiary/aromatic N) is 1. The van der Waals surface area contributed by atoms with Crippen LogP contribution in [0.4, 0.5) is 4.79 Å². The van der Waals surface area contributed by atoms with Crippen LogP contribution in [0.3, 0.4) is 0 Å². The van der Waals surface area contributed by atoms with Gasteiger partial charge in [-0.05, 0) is 37.1 Å². The molecular formula is C24H26N4O6. The maximum absolute atomic E-state index is 12.3. The van der Waals surface area contributed by atoms with Gasteiger partial charge in [-0.3, -0.25) is 4.79 Å². The highest BCUT2D eigenvalue weighted by molar-refractivity contribution is 5.95. The van der Waals surface area contributed by atoms with Crippen molar-refractivity contribution in [2.45, 2.75) is 19.9 Å². The Kier molecular flexibility index (Phi) is 7.86. The summed E-state index contributed by atoms with van der Waals surface area (Å²) in [6.45, 7) is 3.31. The van der Waals surface area contributed by atoms with Crippen molar-refractivity contribution >= 4 is 24.1 Å². The topological polar surface area (TPSA) is 127 Å². The lowest BCUT2D eigenvalue weighted by molar-refractivity contribution is -0.136. The van der Waals surface area contributed by atoms with Gasteiger partial charge in [-0.1, -0.05) is 35.9 Å². The average molecular weight is 466 g/mol. The molecule has 1 aliphatic heterocycles. The summed E-state index contributed by atoms with van der Waals surface area (Å²) >= 11 is 0. The van der Waals surface area contributed by atoms with Crippen LogP contribution >= 0.6 is 0 Å². The SMILES string of the molecule is COC(=O)C1=C(C)NC(=O)N[C@H]1c1ccc(OCC(=O)N/N=C\c2ccc(C)cc2)c(OC)c1. The maximum atomic E-state index is 12.3. The third-order valence-electron chi connectivity index (χ3n) is 5.03. The first-order chi connectivity index (χ1) is 16.3. The van der Waals surface area contributed by atoms with E-state index in [2.05, 4.69) is 21.2 Å². The third kappa shape index (κ3) is 5.91. The largest absolute Gasteiger partial charge is 0.493 e. The summed E-state index contributed by atoms with van der Waals surface area (Å²) in [4.78, 5) is 36.4. The molecule has 1 aliphatic rings. The molecule has 0 radical (unpaired) electrons. The van der Waals surface area contributed by atoms with E-state index in [0.29, 0.717) is 22.8 Å². The number of allylic oxidation sites excluding steroid dienone is 1. The number of rotatable bonds is 8. The molecule has 2 aromatic rings. The fourth-order valence-electron chi connectivity index (χ4n) is 3.31. The van der Waals surface area contributed by atoms with Crippen molar-refractivity contribution in [2.75, 3.05) is 20.8 Å². The van der Waals surface area contributed by atoms with Gasteiger partial charge in [0.1, 0.15) is 0 Å². The minimum absolute atomic E-state index is 0.267. The first-order valence-electron chi connectivity index (χ1n) is 10.4. The number of hydrazone groups is 1. The van der Waals surface area contributed by atoms with Gasteiger partial charge in [0.25, 0.3) is 5.91 Å². The van der Waals surface area contributed by atoms with Gasteiger partial charge in [-0.25, -0.2) is 15.0 Å². The number of hydrogen-bond acceptors (Lipinski definition) is 7. The molecule has 10 nitrogen and oxygen atoms in total. The highest BCUT2D eigenvalue weighted by Crippen LogP contribution is 2.34. The summed E-state index contributed by atoms with van der Waals surface area (Å²) in [7, 11) is 2.71. The summed E-state index contributed by atoms with van der Waals surface area (Å²) in [6, 6.07) is 11.4. The lowest BCUT2D eigenvalue weighted by Crippen LogP contribution is -2.45. The zero-order valence-corrected chi connectivity index (χ0v) is 19.3. The summed E-state index contributed by atoms with van der Waals surface area (Å²) in [6.07, 6.45) is 1.54. The zero-order valence-electron chi connectivity index (χ0n) is 19.3. The fourth-order valence-corrected chi connectivity index (χ4v) is 3.31. The van der Waals surface area contributed by atoms with Crippen LogP contribution in [-0.4, -0.2) is 44.9 Å². The van der Waals surface area contributed by atoms with Gasteiger partial charge in [0.15, 0.2) is 18.1 Å². The molecule has 0 fully saturated rings. The van der Waals surface area contributed by atoms with E-state index in [4.69, 9.17) is 14.2 Å². The summed E-state index contributed by atoms with van der Waals surface area (Å²) in [5.74, 6) is -0.392. The first kappa shape index (κ1) is 24.3. The van der Waals surface area contributed by atoms with Crippen LogP contribution < -0.4 is 25.5 Å². The number of amides is 3. The molecular weight excluding hydrogens is 440 g/mol. The number of methoxy groups -OCH3 is 2. The van der Waals surface area contributed by atoms with E-state index in [0.717, 1.165) is 11.1 Å². The number of hydrogen-bond donors (Lipinski definition) is 3. The molecule has 0 aromatic heterocycles. The lowest BCUT2D eigenvalue weighted by atomic mass is 9.95. The molecule has 3 rings (SSSR count). The molecule has 34 heavy (non-hydrogen) atoms. The van der Waals surface area contributed by atoms with Crippen molar-refractivity contribution in [1.82, 2.24) is 16.1 Å². The van der Waals surface area contributed by atoms with Gasteiger partial charge >= 0.3 is 12.0 Å². The van der Waals surface area contributed by atoms with Gasteiger partial charge in [0.05, 0.1) is 32.0 Å². The van der Waals surface area contributed by atoms with Crippen molar-refractivity contribution in [3.05, 3.63) is 70.4 Å². The van der Waals surface area contributed by atoms with Crippen LogP contribution in [0.15, 0.2) is 58.8 Å². The molecule has 0 saturated carbocycles. The second-order valence-corrected chi connectivity index (χ2v) is 7.46. The number of urea groups is 1. The Hall–Kier alpha value is -4.34. The highest BCUT2D eigenvalue weighted by atomic mass is 16.5. The van der Waals surface area contributed by atoms with Crippen LogP contribution in [0.25, 0.3) is 0 Å². The van der Waals surface area contributed by atoms with Crippen molar-refractivity contribution in [3.63, 3.8) is 0 Å². The molecule has 178 valence electrons. The molecule has 2 aromatic carbocycles. The standard InChI is InChI=1S/C24H26N4O6/c1-14-5-7-16(8-6-14)12-25-28-20(29)13-34-18-10-9-17(11-19(18)32-3)22-21(23(30)33-4)15(2)26-24(31)27-22/h5-12,22H,13H2,1-4H3,(H,28,29)(H2,26,27,31)/b25-12-/t22-/m0/s1. The number of esters is 1. The number of benzene rings is 2. The van der Waals surface area contributed by atoms with E-state index in [9.17, 15) is 14.4 Å². The van der Waals surface area contributed by atoms with Gasteiger partial charge in [0, 0.05) is 5.70 Å². The molecule has 10 heteroatoms. The van der Waals surface area contributed by atoms with Gasteiger partial charge < -0.3 is 24.8 Å². The number of carbonyl (C=O) groups is 3. The Morgan fingerprint density at radius 3 is 2.50 bits per heavy atom. The van der Waals surface area contributed by atoms with Crippen LogP contribution in [0.2, 0.25) is 0 Å². The third-order valence-corrected chi connectivity index (χ3v) is 5.03. The van der Waals surface area contributed by atoms with E-state index in [1.54, 1.807) is 25.1 Å². The van der Waals surface area contributed by atoms with E-state index in [1.807, 2.05) is 31.2 Å². The minimum Gasteiger partial charge on any atom is -0.493 e. The maximum Gasteiger partial charge on any atom is 0.337 e. The Balaban J connectivity index is 1.68. The van der Waals surface area contributed by atoms with Crippen molar-refractivity contribution < 1.29 is 28.6 Å². The smallest absolute Gasteiger partial charge is 0.337 e. The molecule has 0 spiro atoms. The van der Waals surface area contributed by atoms with Crippen LogP contribution in [-0.2, 0) is 14.3 Å². The predicted octanol–water partition coefficient (Wildman–Crippen LogP) is 2.33. The Morgan fingerprint density at radius 1 is 1.09 bits per heavy atom. The Bertz CT molecular complexity index is 1140. The van der Waals surface area contributed by atoms with Gasteiger partial charge in [-0.2, -0.15) is 5.10 Å². The number of nitrogens with one attached hydrogen (secondary N) is 3.